The summed E-state index contributed by atoms with van der Waals surface area (Å²) < 4.78 is 10.7. The third-order valence-corrected chi connectivity index (χ3v) is 5.42. The Morgan fingerprint density at radius 3 is 2.52 bits per heavy atom. The maximum atomic E-state index is 12.8. The van der Waals surface area contributed by atoms with Crippen molar-refractivity contribution in [3.63, 3.8) is 0 Å². The third-order valence-electron chi connectivity index (χ3n) is 4.35. The lowest BCUT2D eigenvalue weighted by molar-refractivity contribution is -0.152. The molecule has 2 atom stereocenters. The number of hydrogen-bond acceptors (Lipinski definition) is 6. The Morgan fingerprint density at radius 2 is 1.92 bits per heavy atom. The molecule has 1 aromatic carbocycles. The minimum Gasteiger partial charge on any atom is -0.480 e. The fraction of sp³-hybridized carbons (Fsp3) is 0.471. The first-order valence-corrected chi connectivity index (χ1v) is 8.93. The Hall–Kier alpha value is -2.22. The van der Waals surface area contributed by atoms with E-state index in [1.54, 1.807) is 13.0 Å². The van der Waals surface area contributed by atoms with Gasteiger partial charge in [-0.1, -0.05) is 18.7 Å². The van der Waals surface area contributed by atoms with E-state index in [1.165, 1.54) is 11.8 Å². The molecule has 0 bridgehead atoms. The molecule has 25 heavy (non-hydrogen) atoms. The van der Waals surface area contributed by atoms with E-state index in [2.05, 4.69) is 0 Å². The summed E-state index contributed by atoms with van der Waals surface area (Å²) in [4.78, 5) is 36.9. The van der Waals surface area contributed by atoms with E-state index in [9.17, 15) is 19.5 Å². The zero-order chi connectivity index (χ0) is 18.1. The molecule has 0 saturated heterocycles. The number of carbonyl (C=O) groups is 3. The number of benzene rings is 1. The molecule has 2 unspecified atom stereocenters. The number of aliphatic carboxylic acids is 1. The van der Waals surface area contributed by atoms with Crippen LogP contribution in [0.5, 0.6) is 11.5 Å². The van der Waals surface area contributed by atoms with Crippen molar-refractivity contribution >= 4 is 28.8 Å². The van der Waals surface area contributed by atoms with E-state index in [4.69, 9.17) is 9.47 Å². The van der Waals surface area contributed by atoms with Crippen LogP contribution >= 0.6 is 11.8 Å². The molecule has 0 fully saturated rings. The predicted octanol–water partition coefficient (Wildman–Crippen LogP) is 1.67. The van der Waals surface area contributed by atoms with Crippen molar-refractivity contribution in [2.24, 2.45) is 5.92 Å². The van der Waals surface area contributed by atoms with Crippen molar-refractivity contribution in [3.8, 4) is 11.5 Å². The topological polar surface area (TPSA) is 93.1 Å². The molecule has 0 aliphatic carbocycles. The van der Waals surface area contributed by atoms with Gasteiger partial charge in [-0.15, -0.1) is 0 Å². The van der Waals surface area contributed by atoms with E-state index in [0.29, 0.717) is 17.3 Å². The van der Waals surface area contributed by atoms with Crippen molar-refractivity contribution in [2.75, 3.05) is 12.5 Å². The van der Waals surface area contributed by atoms with Gasteiger partial charge in [-0.2, -0.15) is 0 Å². The Kier molecular flexibility index (Phi) is 4.89. The summed E-state index contributed by atoms with van der Waals surface area (Å²) in [5.41, 5.74) is 1.72. The number of carboxylic acids is 1. The van der Waals surface area contributed by atoms with Crippen LogP contribution in [0.4, 0.5) is 0 Å². The third kappa shape index (κ3) is 3.58. The normalized spacial score (nSPS) is 19.3. The summed E-state index contributed by atoms with van der Waals surface area (Å²) in [6.45, 7) is 3.51. The quantitative estimate of drug-likeness (QED) is 0.867. The summed E-state index contributed by atoms with van der Waals surface area (Å²) >= 11 is 1.07. The van der Waals surface area contributed by atoms with Gasteiger partial charge in [0.1, 0.15) is 6.04 Å². The first-order valence-electron chi connectivity index (χ1n) is 7.95. The number of carboxylic acid groups (broad SMARTS) is 1. The number of fused-ring (bicyclic) bond motifs is 2. The Morgan fingerprint density at radius 1 is 1.28 bits per heavy atom. The SMILES string of the molecule is CC(=O)SCC(C)C(=O)N1Cc2cc3c(cc2CC1C(=O)O)OCO3. The van der Waals surface area contributed by atoms with Crippen LogP contribution < -0.4 is 9.47 Å². The van der Waals surface area contributed by atoms with E-state index in [-0.39, 0.29) is 30.8 Å². The number of carbonyl (C=O) groups excluding carboxylic acids is 2. The molecule has 2 aliphatic rings. The summed E-state index contributed by atoms with van der Waals surface area (Å²) in [6.07, 6.45) is 0.222. The van der Waals surface area contributed by atoms with Crippen LogP contribution in [0.15, 0.2) is 12.1 Å². The van der Waals surface area contributed by atoms with Crippen LogP contribution in [0.3, 0.4) is 0 Å². The first kappa shape index (κ1) is 17.6. The van der Waals surface area contributed by atoms with Crippen LogP contribution in [-0.2, 0) is 27.3 Å². The van der Waals surface area contributed by atoms with Gasteiger partial charge < -0.3 is 19.5 Å². The van der Waals surface area contributed by atoms with Crippen LogP contribution in [-0.4, -0.2) is 45.6 Å². The Bertz CT molecular complexity index is 734. The highest BCUT2D eigenvalue weighted by Crippen LogP contribution is 2.38. The van der Waals surface area contributed by atoms with Crippen molar-refractivity contribution < 1.29 is 29.0 Å². The lowest BCUT2D eigenvalue weighted by atomic mass is 9.92. The van der Waals surface area contributed by atoms with Gasteiger partial charge in [0.15, 0.2) is 16.6 Å². The van der Waals surface area contributed by atoms with Crippen molar-refractivity contribution in [2.45, 2.75) is 32.9 Å². The van der Waals surface area contributed by atoms with Gasteiger partial charge in [0.25, 0.3) is 0 Å². The van der Waals surface area contributed by atoms with Crippen molar-refractivity contribution in [3.05, 3.63) is 23.3 Å². The largest absolute Gasteiger partial charge is 0.480 e. The van der Waals surface area contributed by atoms with Gasteiger partial charge in [0.2, 0.25) is 12.7 Å². The molecule has 0 saturated carbocycles. The van der Waals surface area contributed by atoms with Crippen LogP contribution in [0, 0.1) is 5.92 Å². The molecular formula is C17H19NO6S. The minimum atomic E-state index is -1.04. The van der Waals surface area contributed by atoms with Gasteiger partial charge >= 0.3 is 5.97 Å². The van der Waals surface area contributed by atoms with E-state index < -0.39 is 17.9 Å². The molecule has 134 valence electrons. The molecule has 0 aromatic heterocycles. The fourth-order valence-electron chi connectivity index (χ4n) is 3.02. The summed E-state index contributed by atoms with van der Waals surface area (Å²) in [7, 11) is 0. The number of nitrogens with zero attached hydrogens (tertiary/aromatic N) is 1. The molecule has 1 amide bonds. The van der Waals surface area contributed by atoms with Crippen molar-refractivity contribution in [1.29, 1.82) is 0 Å². The average Bonchev–Trinajstić information content (AvgIpc) is 3.02. The van der Waals surface area contributed by atoms with Gasteiger partial charge in [-0.25, -0.2) is 4.79 Å². The molecule has 2 heterocycles. The van der Waals surface area contributed by atoms with Gasteiger partial charge in [-0.3, -0.25) is 9.59 Å². The maximum absolute atomic E-state index is 12.8. The Labute approximate surface area is 149 Å². The second-order valence-corrected chi connectivity index (χ2v) is 7.40. The molecule has 2 aliphatic heterocycles. The minimum absolute atomic E-state index is 0.0638. The fourth-order valence-corrected chi connectivity index (χ4v) is 3.65. The number of amides is 1. The number of ether oxygens (including phenoxy) is 2. The lowest BCUT2D eigenvalue weighted by Crippen LogP contribution is -2.50. The summed E-state index contributed by atoms with van der Waals surface area (Å²) in [5.74, 6) is -0.182. The number of rotatable bonds is 4. The van der Waals surface area contributed by atoms with Gasteiger partial charge in [0, 0.05) is 31.6 Å². The van der Waals surface area contributed by atoms with Gasteiger partial charge in [-0.05, 0) is 23.3 Å². The average molecular weight is 365 g/mol. The Balaban J connectivity index is 1.84. The van der Waals surface area contributed by atoms with E-state index in [0.717, 1.165) is 22.9 Å². The highest BCUT2D eigenvalue weighted by molar-refractivity contribution is 8.13. The molecule has 8 heteroatoms. The molecule has 0 radical (unpaired) electrons. The van der Waals surface area contributed by atoms with E-state index >= 15 is 0 Å². The molecule has 3 rings (SSSR count). The number of thioether (sulfide) groups is 1. The predicted molar refractivity (Wildman–Crippen MR) is 90.5 cm³/mol. The zero-order valence-electron chi connectivity index (χ0n) is 14.0. The summed E-state index contributed by atoms with van der Waals surface area (Å²) in [5, 5.41) is 9.50. The number of hydrogen-bond donors (Lipinski definition) is 1. The van der Waals surface area contributed by atoms with Crippen LogP contribution in [0.2, 0.25) is 0 Å². The smallest absolute Gasteiger partial charge is 0.326 e. The highest BCUT2D eigenvalue weighted by atomic mass is 32.2. The maximum Gasteiger partial charge on any atom is 0.326 e. The van der Waals surface area contributed by atoms with Gasteiger partial charge in [0.05, 0.1) is 0 Å². The second-order valence-electron chi connectivity index (χ2n) is 6.20. The zero-order valence-corrected chi connectivity index (χ0v) is 14.8. The van der Waals surface area contributed by atoms with E-state index in [1.807, 2.05) is 6.07 Å². The molecule has 1 N–H and O–H groups in total. The second kappa shape index (κ2) is 6.95. The van der Waals surface area contributed by atoms with Crippen LogP contribution in [0.25, 0.3) is 0 Å². The lowest BCUT2D eigenvalue weighted by Gasteiger charge is -2.36. The molecule has 1 aromatic rings. The highest BCUT2D eigenvalue weighted by Gasteiger charge is 2.37. The van der Waals surface area contributed by atoms with Crippen LogP contribution in [0.1, 0.15) is 25.0 Å². The first-order chi connectivity index (χ1) is 11.9. The molecule has 7 nitrogen and oxygen atoms in total. The monoisotopic (exact) mass is 365 g/mol. The molecular weight excluding hydrogens is 346 g/mol. The molecule has 0 spiro atoms. The summed E-state index contributed by atoms with van der Waals surface area (Å²) in [6, 6.07) is 2.68. The standard InChI is InChI=1S/C17H19NO6S/c1-9(7-25-10(2)19)16(20)18-6-12-5-15-14(23-8-24-15)4-11(12)3-13(18)17(21)22/h4-5,9,13H,3,6-8H2,1-2H3,(H,21,22). The van der Waals surface area contributed by atoms with Crippen molar-refractivity contribution in [1.82, 2.24) is 4.90 Å².